The maximum atomic E-state index is 12.5. The fourth-order valence-corrected chi connectivity index (χ4v) is 2.39. The highest BCUT2D eigenvalue weighted by molar-refractivity contribution is 6.53. The molecule has 27 heavy (non-hydrogen) atoms. The van der Waals surface area contributed by atoms with Gasteiger partial charge >= 0.3 is 19.1 Å². The molecule has 2 rings (SSSR count). The van der Waals surface area contributed by atoms with Gasteiger partial charge in [0, 0.05) is 0 Å². The van der Waals surface area contributed by atoms with E-state index in [1.807, 2.05) is 30.3 Å². The Morgan fingerprint density at radius 1 is 0.889 bits per heavy atom. The van der Waals surface area contributed by atoms with Crippen LogP contribution in [0.5, 0.6) is 0 Å². The molecule has 1 aromatic rings. The molecular weight excluding hydrogens is 347 g/mol. The molecule has 1 aliphatic rings. The number of esters is 2. The zero-order valence-corrected chi connectivity index (χ0v) is 16.7. The minimum atomic E-state index is -1.19. The summed E-state index contributed by atoms with van der Waals surface area (Å²) < 4.78 is 22.0. The molecule has 1 aliphatic heterocycles. The van der Waals surface area contributed by atoms with E-state index in [0.29, 0.717) is 0 Å². The Kier molecular flexibility index (Phi) is 6.49. The lowest BCUT2D eigenvalue weighted by Gasteiger charge is -2.25. The van der Waals surface area contributed by atoms with Crippen molar-refractivity contribution in [1.29, 1.82) is 0 Å². The lowest BCUT2D eigenvalue weighted by molar-refractivity contribution is -0.175. The van der Waals surface area contributed by atoms with Crippen LogP contribution >= 0.6 is 0 Å². The number of benzene rings is 1. The van der Waals surface area contributed by atoms with Crippen molar-refractivity contribution in [3.63, 3.8) is 0 Å². The Labute approximate surface area is 161 Å². The standard InChI is InChI=1S/C20H27BO6/c1-19(2,3)24-17(22)15-16(18(23)25-20(4,5)6)27-21(26-15)13-12-14-10-8-7-9-11-14/h7-13,15-16H,1-6H3/b13-12+/t15-,16-/m1/s1. The van der Waals surface area contributed by atoms with Crippen LogP contribution in [0.3, 0.4) is 0 Å². The molecule has 7 heteroatoms. The van der Waals surface area contributed by atoms with Crippen molar-refractivity contribution >= 4 is 25.1 Å². The summed E-state index contributed by atoms with van der Waals surface area (Å²) in [6.07, 6.45) is -0.581. The normalized spacial score (nSPS) is 20.7. The van der Waals surface area contributed by atoms with E-state index in [9.17, 15) is 9.59 Å². The Morgan fingerprint density at radius 2 is 1.33 bits per heavy atom. The molecule has 0 radical (unpaired) electrons. The summed E-state index contributed by atoms with van der Waals surface area (Å²) in [5.74, 6) is 0.333. The van der Waals surface area contributed by atoms with Gasteiger partial charge in [-0.2, -0.15) is 0 Å². The number of hydrogen-bond acceptors (Lipinski definition) is 6. The van der Waals surface area contributed by atoms with Gasteiger partial charge in [-0.05, 0) is 47.1 Å². The van der Waals surface area contributed by atoms with Gasteiger partial charge in [-0.1, -0.05) is 42.4 Å². The van der Waals surface area contributed by atoms with Gasteiger partial charge in [-0.3, -0.25) is 0 Å². The predicted molar refractivity (Wildman–Crippen MR) is 103 cm³/mol. The minimum Gasteiger partial charge on any atom is -0.458 e. The summed E-state index contributed by atoms with van der Waals surface area (Å²) in [5.41, 5.74) is -0.479. The molecule has 1 heterocycles. The zero-order valence-electron chi connectivity index (χ0n) is 16.7. The van der Waals surface area contributed by atoms with E-state index in [2.05, 4.69) is 0 Å². The molecule has 1 saturated heterocycles. The fourth-order valence-electron chi connectivity index (χ4n) is 2.39. The summed E-state index contributed by atoms with van der Waals surface area (Å²) in [7, 11) is -0.861. The topological polar surface area (TPSA) is 71.1 Å². The van der Waals surface area contributed by atoms with Gasteiger partial charge in [0.15, 0.2) is 12.2 Å². The number of ether oxygens (including phenoxy) is 2. The maximum Gasteiger partial charge on any atom is 0.487 e. The second-order valence-corrected chi connectivity index (χ2v) is 8.32. The van der Waals surface area contributed by atoms with E-state index in [-0.39, 0.29) is 0 Å². The third-order valence-electron chi connectivity index (χ3n) is 3.36. The lowest BCUT2D eigenvalue weighted by Crippen LogP contribution is -2.43. The van der Waals surface area contributed by atoms with E-state index in [0.717, 1.165) is 5.56 Å². The van der Waals surface area contributed by atoms with E-state index >= 15 is 0 Å². The van der Waals surface area contributed by atoms with Crippen LogP contribution in [-0.4, -0.2) is 42.5 Å². The molecule has 0 N–H and O–H groups in total. The first-order chi connectivity index (χ1) is 12.4. The lowest BCUT2D eigenvalue weighted by atomic mass is 9.89. The van der Waals surface area contributed by atoms with E-state index in [1.165, 1.54) is 0 Å². The molecule has 1 aromatic carbocycles. The average Bonchev–Trinajstić information content (AvgIpc) is 2.95. The number of rotatable bonds is 4. The summed E-state index contributed by atoms with van der Waals surface area (Å²) >= 11 is 0. The quantitative estimate of drug-likeness (QED) is 0.596. The second-order valence-electron chi connectivity index (χ2n) is 8.32. The smallest absolute Gasteiger partial charge is 0.458 e. The van der Waals surface area contributed by atoms with Crippen molar-refractivity contribution in [1.82, 2.24) is 0 Å². The molecule has 0 aromatic heterocycles. The first-order valence-corrected chi connectivity index (χ1v) is 8.94. The SMILES string of the molecule is CC(C)(C)OC(=O)[C@@H]1OB(/C=C/c2ccccc2)O[C@H]1C(=O)OC(C)(C)C. The Hall–Kier alpha value is -2.12. The van der Waals surface area contributed by atoms with Gasteiger partial charge in [-0.15, -0.1) is 0 Å². The van der Waals surface area contributed by atoms with Gasteiger partial charge in [0.2, 0.25) is 0 Å². The molecular formula is C20H27BO6. The third kappa shape index (κ3) is 6.84. The first kappa shape index (κ1) is 21.2. The minimum absolute atomic E-state index is 0.658. The molecule has 0 amide bonds. The molecule has 0 bridgehead atoms. The summed E-state index contributed by atoms with van der Waals surface area (Å²) in [6, 6.07) is 9.56. The van der Waals surface area contributed by atoms with Gasteiger partial charge < -0.3 is 18.8 Å². The van der Waals surface area contributed by atoms with Crippen molar-refractivity contribution in [2.45, 2.75) is 65.0 Å². The molecule has 0 saturated carbocycles. The van der Waals surface area contributed by atoms with Gasteiger partial charge in [-0.25, -0.2) is 9.59 Å². The highest BCUT2D eigenvalue weighted by atomic mass is 16.7. The van der Waals surface area contributed by atoms with Crippen LogP contribution < -0.4 is 0 Å². The van der Waals surface area contributed by atoms with Crippen LogP contribution in [0.2, 0.25) is 0 Å². The molecule has 6 nitrogen and oxygen atoms in total. The molecule has 0 spiro atoms. The summed E-state index contributed by atoms with van der Waals surface area (Å²) in [5, 5.41) is 0. The number of carbonyl (C=O) groups excluding carboxylic acids is 2. The molecule has 146 valence electrons. The molecule has 1 fully saturated rings. The van der Waals surface area contributed by atoms with Crippen LogP contribution in [0.25, 0.3) is 6.08 Å². The molecule has 0 unspecified atom stereocenters. The summed E-state index contributed by atoms with van der Waals surface area (Å²) in [6.45, 7) is 10.5. The Bertz CT molecular complexity index is 651. The van der Waals surface area contributed by atoms with Crippen molar-refractivity contribution < 1.29 is 28.4 Å². The van der Waals surface area contributed by atoms with E-state index < -0.39 is 42.5 Å². The largest absolute Gasteiger partial charge is 0.487 e. The van der Waals surface area contributed by atoms with Gasteiger partial charge in [0.25, 0.3) is 0 Å². The third-order valence-corrected chi connectivity index (χ3v) is 3.36. The Balaban J connectivity index is 2.16. The van der Waals surface area contributed by atoms with Crippen molar-refractivity contribution in [3.05, 3.63) is 41.9 Å². The van der Waals surface area contributed by atoms with Crippen LogP contribution in [0.1, 0.15) is 47.1 Å². The highest BCUT2D eigenvalue weighted by Crippen LogP contribution is 2.24. The van der Waals surface area contributed by atoms with E-state index in [1.54, 1.807) is 53.6 Å². The first-order valence-electron chi connectivity index (χ1n) is 8.94. The zero-order chi connectivity index (χ0) is 20.2. The van der Waals surface area contributed by atoms with Crippen LogP contribution in [0.4, 0.5) is 0 Å². The van der Waals surface area contributed by atoms with Crippen LogP contribution in [-0.2, 0) is 28.4 Å². The number of hydrogen-bond donors (Lipinski definition) is 0. The van der Waals surface area contributed by atoms with Gasteiger partial charge in [0.1, 0.15) is 11.2 Å². The van der Waals surface area contributed by atoms with Crippen molar-refractivity contribution in [2.75, 3.05) is 0 Å². The fraction of sp³-hybridized carbons (Fsp3) is 0.500. The number of carbonyl (C=O) groups is 2. The molecule has 2 atom stereocenters. The molecule has 0 aliphatic carbocycles. The maximum absolute atomic E-state index is 12.5. The second kappa shape index (κ2) is 8.27. The average molecular weight is 374 g/mol. The van der Waals surface area contributed by atoms with Crippen molar-refractivity contribution in [2.24, 2.45) is 0 Å². The summed E-state index contributed by atoms with van der Waals surface area (Å²) in [4.78, 5) is 25.0. The van der Waals surface area contributed by atoms with Gasteiger partial charge in [0.05, 0.1) is 0 Å². The monoisotopic (exact) mass is 374 g/mol. The predicted octanol–water partition coefficient (Wildman–Crippen LogP) is 3.19. The van der Waals surface area contributed by atoms with Crippen LogP contribution in [0, 0.1) is 0 Å². The Morgan fingerprint density at radius 3 is 1.74 bits per heavy atom. The highest BCUT2D eigenvalue weighted by Gasteiger charge is 2.49. The van der Waals surface area contributed by atoms with Crippen molar-refractivity contribution in [3.8, 4) is 0 Å². The van der Waals surface area contributed by atoms with E-state index in [4.69, 9.17) is 18.8 Å². The van der Waals surface area contributed by atoms with Crippen LogP contribution in [0.15, 0.2) is 36.3 Å².